The second-order valence-electron chi connectivity index (χ2n) is 8.20. The summed E-state index contributed by atoms with van der Waals surface area (Å²) in [4.78, 5) is 12.9. The minimum atomic E-state index is -4.38. The SMILES string of the molecule is CCc1cc2c(C)cc(=O)oc2c(CN2CCN(S(=O)(=O)c3ccc(F)c(F)c3F)CC2)c1O. The fourth-order valence-electron chi connectivity index (χ4n) is 4.18. The Bertz CT molecular complexity index is 1430. The number of piperazine rings is 1. The minimum absolute atomic E-state index is 0.0164. The van der Waals surface area contributed by atoms with Crippen LogP contribution in [0.3, 0.4) is 0 Å². The number of nitrogens with zero attached hydrogens (tertiary/aromatic N) is 2. The summed E-state index contributed by atoms with van der Waals surface area (Å²) in [5, 5.41) is 11.5. The van der Waals surface area contributed by atoms with Gasteiger partial charge in [0.25, 0.3) is 0 Å². The van der Waals surface area contributed by atoms with Crippen LogP contribution in [0.15, 0.2) is 38.4 Å². The molecule has 4 rings (SSSR count). The van der Waals surface area contributed by atoms with Gasteiger partial charge in [-0.2, -0.15) is 4.31 Å². The largest absolute Gasteiger partial charge is 0.507 e. The minimum Gasteiger partial charge on any atom is -0.507 e. The molecule has 1 saturated heterocycles. The van der Waals surface area contributed by atoms with Crippen molar-refractivity contribution in [1.82, 2.24) is 9.21 Å². The smallest absolute Gasteiger partial charge is 0.336 e. The van der Waals surface area contributed by atoms with E-state index in [2.05, 4.69) is 0 Å². The molecule has 34 heavy (non-hydrogen) atoms. The molecule has 0 atom stereocenters. The Hall–Kier alpha value is -2.89. The molecule has 1 aliphatic heterocycles. The second-order valence-corrected chi connectivity index (χ2v) is 10.1. The first-order chi connectivity index (χ1) is 16.0. The highest BCUT2D eigenvalue weighted by Crippen LogP contribution is 2.34. The number of halogens is 3. The van der Waals surface area contributed by atoms with E-state index in [1.54, 1.807) is 13.0 Å². The number of rotatable bonds is 5. The number of benzene rings is 2. The number of phenols is 1. The number of hydrogen-bond acceptors (Lipinski definition) is 6. The molecule has 0 aliphatic carbocycles. The average Bonchev–Trinajstić information content (AvgIpc) is 2.79. The predicted octanol–water partition coefficient (Wildman–Crippen LogP) is 3.29. The van der Waals surface area contributed by atoms with Crippen LogP contribution in [-0.4, -0.2) is 48.9 Å². The van der Waals surface area contributed by atoms with E-state index in [-0.39, 0.29) is 44.1 Å². The number of aromatic hydroxyl groups is 1. The van der Waals surface area contributed by atoms with Gasteiger partial charge in [-0.15, -0.1) is 0 Å². The van der Waals surface area contributed by atoms with Gasteiger partial charge in [-0.25, -0.2) is 26.4 Å². The van der Waals surface area contributed by atoms with E-state index in [9.17, 15) is 31.5 Å². The maximum atomic E-state index is 14.1. The summed E-state index contributed by atoms with van der Waals surface area (Å²) in [6.07, 6.45) is 0.555. The summed E-state index contributed by atoms with van der Waals surface area (Å²) >= 11 is 0. The molecule has 1 aromatic heterocycles. The van der Waals surface area contributed by atoms with Crippen LogP contribution in [0.25, 0.3) is 11.0 Å². The normalized spacial score (nSPS) is 15.8. The van der Waals surface area contributed by atoms with E-state index < -0.39 is 38.0 Å². The third-order valence-electron chi connectivity index (χ3n) is 6.10. The number of sulfonamides is 1. The first kappa shape index (κ1) is 24.2. The van der Waals surface area contributed by atoms with Crippen molar-refractivity contribution >= 4 is 21.0 Å². The zero-order chi connectivity index (χ0) is 24.8. The molecule has 2 aromatic carbocycles. The van der Waals surface area contributed by atoms with E-state index in [0.717, 1.165) is 4.31 Å². The van der Waals surface area contributed by atoms with Crippen molar-refractivity contribution in [3.63, 3.8) is 0 Å². The highest BCUT2D eigenvalue weighted by molar-refractivity contribution is 7.89. The Labute approximate surface area is 194 Å². The van der Waals surface area contributed by atoms with Gasteiger partial charge in [0.2, 0.25) is 10.0 Å². The van der Waals surface area contributed by atoms with Crippen molar-refractivity contribution in [2.45, 2.75) is 31.7 Å². The zero-order valence-electron chi connectivity index (χ0n) is 18.6. The van der Waals surface area contributed by atoms with Gasteiger partial charge in [0.05, 0.1) is 5.56 Å². The highest BCUT2D eigenvalue weighted by atomic mass is 32.2. The van der Waals surface area contributed by atoms with E-state index >= 15 is 0 Å². The van der Waals surface area contributed by atoms with Crippen molar-refractivity contribution in [2.75, 3.05) is 26.2 Å². The van der Waals surface area contributed by atoms with Crippen molar-refractivity contribution in [1.29, 1.82) is 0 Å². The van der Waals surface area contributed by atoms with Crippen molar-refractivity contribution < 1.29 is 31.1 Å². The topological polar surface area (TPSA) is 91.1 Å². The van der Waals surface area contributed by atoms with Crippen molar-refractivity contribution in [3.8, 4) is 5.75 Å². The van der Waals surface area contributed by atoms with E-state index in [0.29, 0.717) is 40.6 Å². The molecule has 1 aliphatic rings. The van der Waals surface area contributed by atoms with Crippen LogP contribution >= 0.6 is 0 Å². The molecule has 1 N–H and O–H groups in total. The summed E-state index contributed by atoms with van der Waals surface area (Å²) in [5.74, 6) is -5.04. The van der Waals surface area contributed by atoms with Gasteiger partial charge in [-0.1, -0.05) is 6.92 Å². The van der Waals surface area contributed by atoms with Crippen LogP contribution in [0.5, 0.6) is 5.75 Å². The molecule has 0 saturated carbocycles. The molecule has 11 heteroatoms. The van der Waals surface area contributed by atoms with Crippen LogP contribution in [0, 0.1) is 24.4 Å². The molecule has 0 unspecified atom stereocenters. The third-order valence-corrected chi connectivity index (χ3v) is 8.02. The lowest BCUT2D eigenvalue weighted by molar-refractivity contribution is 0.179. The monoisotopic (exact) mass is 496 g/mol. The van der Waals surface area contributed by atoms with Gasteiger partial charge in [-0.05, 0) is 42.7 Å². The number of fused-ring (bicyclic) bond motifs is 1. The van der Waals surface area contributed by atoms with E-state index in [4.69, 9.17) is 4.42 Å². The summed E-state index contributed by atoms with van der Waals surface area (Å²) in [6, 6.07) is 4.45. The Kier molecular flexibility index (Phi) is 6.45. The van der Waals surface area contributed by atoms with Gasteiger partial charge in [0.1, 0.15) is 16.2 Å². The lowest BCUT2D eigenvalue weighted by Gasteiger charge is -2.34. The van der Waals surface area contributed by atoms with Crippen molar-refractivity contribution in [3.05, 3.63) is 68.8 Å². The molecule has 0 spiro atoms. The summed E-state index contributed by atoms with van der Waals surface area (Å²) in [5.41, 5.74) is 1.57. The number of phenolic OH excluding ortho intramolecular Hbond substituents is 1. The van der Waals surface area contributed by atoms with Gasteiger partial charge < -0.3 is 9.52 Å². The Balaban J connectivity index is 1.59. The lowest BCUT2D eigenvalue weighted by atomic mass is 9.99. The van der Waals surface area contributed by atoms with Gasteiger partial charge in [0.15, 0.2) is 17.5 Å². The maximum absolute atomic E-state index is 14.1. The van der Waals surface area contributed by atoms with Crippen LogP contribution < -0.4 is 5.63 Å². The Morgan fingerprint density at radius 1 is 1.06 bits per heavy atom. The molecule has 0 radical (unpaired) electrons. The molecule has 0 amide bonds. The van der Waals surface area contributed by atoms with Gasteiger partial charge in [-0.3, -0.25) is 4.90 Å². The fourth-order valence-corrected chi connectivity index (χ4v) is 5.66. The molecule has 0 bridgehead atoms. The van der Waals surface area contributed by atoms with E-state index in [1.165, 1.54) is 6.07 Å². The quantitative estimate of drug-likeness (QED) is 0.431. The number of hydrogen-bond donors (Lipinski definition) is 1. The molecular formula is C23H23F3N2O5S. The zero-order valence-corrected chi connectivity index (χ0v) is 19.4. The molecular weight excluding hydrogens is 473 g/mol. The molecule has 182 valence electrons. The fraction of sp³-hybridized carbons (Fsp3) is 0.348. The molecule has 3 aromatic rings. The van der Waals surface area contributed by atoms with Crippen LogP contribution in [0.2, 0.25) is 0 Å². The molecule has 1 fully saturated rings. The summed E-state index contributed by atoms with van der Waals surface area (Å²) in [7, 11) is -4.38. The van der Waals surface area contributed by atoms with E-state index in [1.807, 2.05) is 11.8 Å². The lowest BCUT2D eigenvalue weighted by Crippen LogP contribution is -2.48. The Morgan fingerprint density at radius 2 is 1.74 bits per heavy atom. The highest BCUT2D eigenvalue weighted by Gasteiger charge is 2.33. The molecule has 7 nitrogen and oxygen atoms in total. The van der Waals surface area contributed by atoms with Crippen molar-refractivity contribution in [2.24, 2.45) is 0 Å². The van der Waals surface area contributed by atoms with Gasteiger partial charge >= 0.3 is 5.63 Å². The Morgan fingerprint density at radius 3 is 2.38 bits per heavy atom. The first-order valence-electron chi connectivity index (χ1n) is 10.7. The maximum Gasteiger partial charge on any atom is 0.336 e. The predicted molar refractivity (Wildman–Crippen MR) is 119 cm³/mol. The second kappa shape index (κ2) is 9.05. The first-order valence-corrected chi connectivity index (χ1v) is 12.1. The van der Waals surface area contributed by atoms with Crippen LogP contribution in [0.4, 0.5) is 13.2 Å². The summed E-state index contributed by atoms with van der Waals surface area (Å²) < 4.78 is 72.9. The number of aryl methyl sites for hydroxylation is 2. The average molecular weight is 497 g/mol. The molecule has 2 heterocycles. The standard InChI is InChI=1S/C23H23F3N2O5S/c1-3-14-11-15-13(2)10-19(29)33-23(15)16(22(14)30)12-27-6-8-28(9-7-27)34(31,32)18-5-4-17(24)20(25)21(18)26/h4-5,10-11,30H,3,6-9,12H2,1-2H3. The van der Waals surface area contributed by atoms with Crippen LogP contribution in [-0.2, 0) is 23.0 Å². The summed E-state index contributed by atoms with van der Waals surface area (Å²) in [6.45, 7) is 4.23. The van der Waals surface area contributed by atoms with Gasteiger partial charge in [0, 0.05) is 44.2 Å². The van der Waals surface area contributed by atoms with Crippen LogP contribution in [0.1, 0.15) is 23.6 Å². The third kappa shape index (κ3) is 4.19.